The summed E-state index contributed by atoms with van der Waals surface area (Å²) in [5.74, 6) is 0.555. The van der Waals surface area contributed by atoms with Gasteiger partial charge >= 0.3 is 0 Å². The van der Waals surface area contributed by atoms with Gasteiger partial charge < -0.3 is 16.0 Å². The highest BCUT2D eigenvalue weighted by molar-refractivity contribution is 5.90. The van der Waals surface area contributed by atoms with Gasteiger partial charge in [-0.05, 0) is 55.6 Å². The predicted molar refractivity (Wildman–Crippen MR) is 107 cm³/mol. The lowest BCUT2D eigenvalue weighted by atomic mass is 10.0. The van der Waals surface area contributed by atoms with Crippen LogP contribution in [-0.4, -0.2) is 34.7 Å². The van der Waals surface area contributed by atoms with Gasteiger partial charge in [-0.15, -0.1) is 12.4 Å². The summed E-state index contributed by atoms with van der Waals surface area (Å²) in [6.45, 7) is 2.72. The number of anilines is 1. The van der Waals surface area contributed by atoms with Gasteiger partial charge in [-0.2, -0.15) is 5.10 Å². The summed E-state index contributed by atoms with van der Waals surface area (Å²) in [4.78, 5) is 24.0. The lowest BCUT2D eigenvalue weighted by Crippen LogP contribution is -2.23. The maximum absolute atomic E-state index is 12.0. The highest BCUT2D eigenvalue weighted by Crippen LogP contribution is 2.14. The number of hydrogen-bond acceptors (Lipinski definition) is 4. The molecule has 1 atom stereocenters. The van der Waals surface area contributed by atoms with E-state index in [4.69, 9.17) is 0 Å². The Bertz CT molecular complexity index is 729. The van der Waals surface area contributed by atoms with Gasteiger partial charge in [0.05, 0.1) is 0 Å². The maximum Gasteiger partial charge on any atom is 0.246 e. The second-order valence-electron chi connectivity index (χ2n) is 6.63. The van der Waals surface area contributed by atoms with Crippen LogP contribution in [0.25, 0.3) is 0 Å². The molecule has 1 fully saturated rings. The number of carbonyl (C=O) groups is 2. The molecule has 0 radical (unpaired) electrons. The zero-order chi connectivity index (χ0) is 18.2. The van der Waals surface area contributed by atoms with Crippen LogP contribution in [-0.2, 0) is 22.7 Å². The summed E-state index contributed by atoms with van der Waals surface area (Å²) in [7, 11) is 0. The maximum atomic E-state index is 12.0. The average molecular weight is 392 g/mol. The molecule has 27 heavy (non-hydrogen) atoms. The quantitative estimate of drug-likeness (QED) is 0.641. The number of aromatic nitrogens is 2. The van der Waals surface area contributed by atoms with E-state index in [-0.39, 0.29) is 30.8 Å². The third-order valence-corrected chi connectivity index (χ3v) is 4.51. The fraction of sp³-hybridized carbons (Fsp3) is 0.421. The molecule has 0 spiro atoms. The smallest absolute Gasteiger partial charge is 0.246 e. The molecule has 1 aromatic heterocycles. The third kappa shape index (κ3) is 7.03. The Morgan fingerprint density at radius 1 is 1.26 bits per heavy atom. The summed E-state index contributed by atoms with van der Waals surface area (Å²) in [6, 6.07) is 9.29. The van der Waals surface area contributed by atoms with Crippen molar-refractivity contribution in [2.75, 3.05) is 18.4 Å². The topological polar surface area (TPSA) is 88.0 Å². The average Bonchev–Trinajstić information content (AvgIpc) is 3.32. The Balaban J connectivity index is 0.00000261. The Kier molecular flexibility index (Phi) is 8.29. The summed E-state index contributed by atoms with van der Waals surface area (Å²) >= 11 is 0. The molecule has 0 aliphatic carbocycles. The van der Waals surface area contributed by atoms with Gasteiger partial charge in [0.15, 0.2) is 0 Å². The number of hydrogen-bond donors (Lipinski definition) is 3. The van der Waals surface area contributed by atoms with Gasteiger partial charge in [-0.1, -0.05) is 12.1 Å². The van der Waals surface area contributed by atoms with Crippen molar-refractivity contribution in [2.45, 2.75) is 32.4 Å². The van der Waals surface area contributed by atoms with Crippen LogP contribution in [0.3, 0.4) is 0 Å². The first-order valence-corrected chi connectivity index (χ1v) is 9.02. The summed E-state index contributed by atoms with van der Waals surface area (Å²) in [6.07, 6.45) is 6.04. The molecule has 1 saturated heterocycles. The van der Waals surface area contributed by atoms with Crippen molar-refractivity contribution in [2.24, 2.45) is 5.92 Å². The van der Waals surface area contributed by atoms with Crippen molar-refractivity contribution in [3.63, 3.8) is 0 Å². The van der Waals surface area contributed by atoms with Crippen LogP contribution in [0.2, 0.25) is 0 Å². The minimum atomic E-state index is -0.139. The monoisotopic (exact) mass is 391 g/mol. The second-order valence-corrected chi connectivity index (χ2v) is 6.63. The molecule has 146 valence electrons. The summed E-state index contributed by atoms with van der Waals surface area (Å²) in [5.41, 5.74) is 1.67. The van der Waals surface area contributed by atoms with Gasteiger partial charge in [0.25, 0.3) is 0 Å². The largest absolute Gasteiger partial charge is 0.352 e. The van der Waals surface area contributed by atoms with E-state index < -0.39 is 0 Å². The first kappa shape index (κ1) is 20.9. The fourth-order valence-electron chi connectivity index (χ4n) is 3.09. The first-order chi connectivity index (χ1) is 12.7. The molecule has 2 aromatic rings. The number of nitrogens with one attached hydrogen (secondary N) is 3. The normalized spacial score (nSPS) is 15.8. The molecule has 0 saturated carbocycles. The highest BCUT2D eigenvalue weighted by atomic mass is 35.5. The molecule has 1 aliphatic heterocycles. The van der Waals surface area contributed by atoms with Crippen LogP contribution in [0, 0.1) is 5.92 Å². The van der Waals surface area contributed by atoms with E-state index in [0.29, 0.717) is 24.6 Å². The van der Waals surface area contributed by atoms with Crippen LogP contribution in [0.4, 0.5) is 5.69 Å². The summed E-state index contributed by atoms with van der Waals surface area (Å²) < 4.78 is 1.57. The van der Waals surface area contributed by atoms with Crippen molar-refractivity contribution in [1.82, 2.24) is 20.4 Å². The number of carbonyl (C=O) groups excluding carboxylic acids is 2. The van der Waals surface area contributed by atoms with Crippen molar-refractivity contribution in [1.29, 1.82) is 0 Å². The van der Waals surface area contributed by atoms with Crippen LogP contribution in [0.1, 0.15) is 24.8 Å². The lowest BCUT2D eigenvalue weighted by Gasteiger charge is -2.10. The minimum absolute atomic E-state index is 0. The number of amides is 2. The Labute approximate surface area is 165 Å². The molecule has 3 N–H and O–H groups in total. The van der Waals surface area contributed by atoms with Crippen LogP contribution >= 0.6 is 12.4 Å². The molecular weight excluding hydrogens is 366 g/mol. The van der Waals surface area contributed by atoms with Crippen molar-refractivity contribution >= 4 is 29.9 Å². The number of nitrogens with zero attached hydrogens (tertiary/aromatic N) is 2. The van der Waals surface area contributed by atoms with E-state index >= 15 is 0 Å². The van der Waals surface area contributed by atoms with Crippen molar-refractivity contribution in [3.8, 4) is 0 Å². The SMILES string of the molecule is Cl.O=C(CCC1CCNC1)NCc1cccc(NC(=O)Cn2cccn2)c1. The number of benzene rings is 1. The zero-order valence-corrected chi connectivity index (χ0v) is 16.0. The molecule has 3 rings (SSSR count). The second kappa shape index (κ2) is 10.7. The standard InChI is InChI=1S/C19H25N5O2.ClH/c25-18(6-5-15-7-9-20-12-15)21-13-16-3-1-4-17(11-16)23-19(26)14-24-10-2-8-22-24;/h1-4,8,10-11,15,20H,5-7,9,12-14H2,(H,21,25)(H,23,26);1H. The van der Waals surface area contributed by atoms with Crippen LogP contribution < -0.4 is 16.0 Å². The van der Waals surface area contributed by atoms with Gasteiger partial charge in [-0.3, -0.25) is 14.3 Å². The van der Waals surface area contributed by atoms with Gasteiger partial charge in [0, 0.05) is 31.0 Å². The van der Waals surface area contributed by atoms with Crippen LogP contribution in [0.5, 0.6) is 0 Å². The number of halogens is 1. The molecule has 1 aliphatic rings. The molecule has 1 unspecified atom stereocenters. The fourth-order valence-corrected chi connectivity index (χ4v) is 3.09. The molecule has 2 heterocycles. The highest BCUT2D eigenvalue weighted by Gasteiger charge is 2.15. The van der Waals surface area contributed by atoms with Crippen molar-refractivity contribution in [3.05, 3.63) is 48.3 Å². The van der Waals surface area contributed by atoms with E-state index in [2.05, 4.69) is 21.0 Å². The Morgan fingerprint density at radius 2 is 2.15 bits per heavy atom. The molecule has 2 amide bonds. The van der Waals surface area contributed by atoms with E-state index in [9.17, 15) is 9.59 Å². The van der Waals surface area contributed by atoms with Gasteiger partial charge in [-0.25, -0.2) is 0 Å². The lowest BCUT2D eigenvalue weighted by molar-refractivity contribution is -0.121. The van der Waals surface area contributed by atoms with Gasteiger partial charge in [0.1, 0.15) is 6.54 Å². The third-order valence-electron chi connectivity index (χ3n) is 4.51. The molecule has 8 heteroatoms. The minimum Gasteiger partial charge on any atom is -0.352 e. The van der Waals surface area contributed by atoms with Crippen LogP contribution in [0.15, 0.2) is 42.7 Å². The molecular formula is C19H26ClN5O2. The number of rotatable bonds is 8. The van der Waals surface area contributed by atoms with E-state index in [1.54, 1.807) is 23.1 Å². The zero-order valence-electron chi connectivity index (χ0n) is 15.2. The van der Waals surface area contributed by atoms with E-state index in [0.717, 1.165) is 31.5 Å². The van der Waals surface area contributed by atoms with Crippen molar-refractivity contribution < 1.29 is 9.59 Å². The van der Waals surface area contributed by atoms with Gasteiger partial charge in [0.2, 0.25) is 11.8 Å². The molecule has 7 nitrogen and oxygen atoms in total. The first-order valence-electron chi connectivity index (χ1n) is 9.02. The molecule has 0 bridgehead atoms. The predicted octanol–water partition coefficient (Wildman–Crippen LogP) is 1.95. The van der Waals surface area contributed by atoms with E-state index in [1.165, 1.54) is 0 Å². The van der Waals surface area contributed by atoms with E-state index in [1.807, 2.05) is 24.3 Å². The Morgan fingerprint density at radius 3 is 2.89 bits per heavy atom. The Hall–Kier alpha value is -2.38. The molecule has 1 aromatic carbocycles. The summed E-state index contributed by atoms with van der Waals surface area (Å²) in [5, 5.41) is 13.1.